The van der Waals surface area contributed by atoms with Gasteiger partial charge >= 0.3 is 0 Å². The summed E-state index contributed by atoms with van der Waals surface area (Å²) in [7, 11) is 2.38. The Morgan fingerprint density at radius 1 is 0.643 bits per heavy atom. The number of hydrogen-bond donors (Lipinski definition) is 0. The van der Waals surface area contributed by atoms with Crippen molar-refractivity contribution in [3.8, 4) is 0 Å². The smallest absolute Gasteiger partial charge is 0.00951 e. The van der Waals surface area contributed by atoms with Gasteiger partial charge in [-0.1, -0.05) is 38.5 Å². The van der Waals surface area contributed by atoms with Crippen LogP contribution in [-0.4, -0.2) is 24.0 Å². The molecule has 0 aliphatic carbocycles. The second kappa shape index (κ2) is 5.16. The molecule has 0 radical (unpaired) electrons. The third kappa shape index (κ3) is 2.50. The van der Waals surface area contributed by atoms with Gasteiger partial charge in [0.05, 0.1) is 0 Å². The summed E-state index contributed by atoms with van der Waals surface area (Å²) in [5.41, 5.74) is 0. The van der Waals surface area contributed by atoms with Gasteiger partial charge in [0, 0.05) is 12.1 Å². The van der Waals surface area contributed by atoms with Gasteiger partial charge in [-0.25, -0.2) is 0 Å². The normalized spacial score (nSPS) is 36.6. The fraction of sp³-hybridized carbons (Fsp3) is 1.00. The van der Waals surface area contributed by atoms with Gasteiger partial charge in [0.1, 0.15) is 0 Å². The maximum atomic E-state index is 2.72. The molecule has 2 heterocycles. The van der Waals surface area contributed by atoms with Crippen molar-refractivity contribution in [2.45, 2.75) is 76.3 Å². The van der Waals surface area contributed by atoms with Crippen LogP contribution in [0.25, 0.3) is 0 Å². The van der Waals surface area contributed by atoms with Gasteiger partial charge in [-0.3, -0.25) is 0 Å². The van der Waals surface area contributed by atoms with Crippen LogP contribution in [0.1, 0.15) is 64.2 Å². The van der Waals surface area contributed by atoms with Crippen molar-refractivity contribution in [2.24, 2.45) is 0 Å². The summed E-state index contributed by atoms with van der Waals surface area (Å²) in [6, 6.07) is 1.83. The Morgan fingerprint density at radius 3 is 1.36 bits per heavy atom. The van der Waals surface area contributed by atoms with Gasteiger partial charge in [-0.15, -0.1) is 0 Å². The molecule has 0 aromatic carbocycles. The molecule has 0 saturated carbocycles. The summed E-state index contributed by atoms with van der Waals surface area (Å²) in [6.07, 6.45) is 14.7. The van der Waals surface area contributed by atoms with Crippen LogP contribution in [0.4, 0.5) is 0 Å². The second-order valence-corrected chi connectivity index (χ2v) is 5.25. The van der Waals surface area contributed by atoms with Gasteiger partial charge in [-0.2, -0.15) is 0 Å². The molecular formula is C13H25N. The summed E-state index contributed by atoms with van der Waals surface area (Å²) in [6.45, 7) is 0. The molecule has 0 N–H and O–H groups in total. The molecular weight excluding hydrogens is 170 g/mol. The average molecular weight is 195 g/mol. The summed E-state index contributed by atoms with van der Waals surface area (Å²) in [4.78, 5) is 2.72. The topological polar surface area (TPSA) is 3.24 Å². The van der Waals surface area contributed by atoms with Crippen LogP contribution in [0.15, 0.2) is 0 Å². The molecule has 0 spiro atoms. The average Bonchev–Trinajstić information content (AvgIpc) is 2.14. The molecule has 0 amide bonds. The Hall–Kier alpha value is -0.0400. The first kappa shape index (κ1) is 10.5. The highest BCUT2D eigenvalue weighted by Gasteiger charge is 2.25. The minimum Gasteiger partial charge on any atom is -0.300 e. The summed E-state index contributed by atoms with van der Waals surface area (Å²) < 4.78 is 0. The van der Waals surface area contributed by atoms with Gasteiger partial charge in [0.25, 0.3) is 0 Å². The summed E-state index contributed by atoms with van der Waals surface area (Å²) in [5, 5.41) is 0. The molecule has 2 aliphatic rings. The Kier molecular flexibility index (Phi) is 3.86. The van der Waals surface area contributed by atoms with Crippen LogP contribution in [-0.2, 0) is 0 Å². The molecule has 0 aromatic rings. The molecule has 2 aliphatic heterocycles. The largest absolute Gasteiger partial charge is 0.300 e. The predicted octanol–water partition coefficient (Wildman–Crippen LogP) is 3.58. The SMILES string of the molecule is CN1C2CCCCCC1CCCCC2. The maximum absolute atomic E-state index is 2.72. The lowest BCUT2D eigenvalue weighted by atomic mass is 9.89. The van der Waals surface area contributed by atoms with Crippen molar-refractivity contribution in [1.82, 2.24) is 4.90 Å². The Morgan fingerprint density at radius 2 is 1.00 bits per heavy atom. The zero-order valence-electron chi connectivity index (χ0n) is 9.67. The lowest BCUT2D eigenvalue weighted by Crippen LogP contribution is -2.42. The summed E-state index contributed by atoms with van der Waals surface area (Å²) in [5.74, 6) is 0. The molecule has 2 fully saturated rings. The van der Waals surface area contributed by atoms with E-state index >= 15 is 0 Å². The first-order valence-electron chi connectivity index (χ1n) is 6.60. The third-order valence-electron chi connectivity index (χ3n) is 4.30. The predicted molar refractivity (Wildman–Crippen MR) is 61.5 cm³/mol. The minimum atomic E-state index is 0.917. The van der Waals surface area contributed by atoms with Crippen molar-refractivity contribution in [2.75, 3.05) is 7.05 Å². The van der Waals surface area contributed by atoms with E-state index in [1.54, 1.807) is 0 Å². The maximum Gasteiger partial charge on any atom is 0.00951 e. The van der Waals surface area contributed by atoms with Crippen LogP contribution in [0.2, 0.25) is 0 Å². The standard InChI is InChI=1S/C13H25N/c1-14-12-8-4-2-5-9-13(14)11-7-3-6-10-12/h12-13H,2-11H2,1H3. The fourth-order valence-corrected chi connectivity index (χ4v) is 3.27. The highest BCUT2D eigenvalue weighted by molar-refractivity contribution is 4.81. The van der Waals surface area contributed by atoms with Gasteiger partial charge in [0.15, 0.2) is 0 Å². The molecule has 0 unspecified atom stereocenters. The van der Waals surface area contributed by atoms with E-state index in [9.17, 15) is 0 Å². The second-order valence-electron chi connectivity index (χ2n) is 5.25. The third-order valence-corrected chi connectivity index (χ3v) is 4.30. The highest BCUT2D eigenvalue weighted by atomic mass is 15.2. The van der Waals surface area contributed by atoms with Crippen molar-refractivity contribution >= 4 is 0 Å². The van der Waals surface area contributed by atoms with Crippen LogP contribution in [0.5, 0.6) is 0 Å². The van der Waals surface area contributed by atoms with Crippen molar-refractivity contribution < 1.29 is 0 Å². The molecule has 14 heavy (non-hydrogen) atoms. The molecule has 1 nitrogen and oxygen atoms in total. The van der Waals surface area contributed by atoms with Crippen molar-refractivity contribution in [1.29, 1.82) is 0 Å². The van der Waals surface area contributed by atoms with E-state index in [2.05, 4.69) is 11.9 Å². The fourth-order valence-electron chi connectivity index (χ4n) is 3.27. The number of rotatable bonds is 0. The lowest BCUT2D eigenvalue weighted by Gasteiger charge is -2.39. The van der Waals surface area contributed by atoms with E-state index in [1.807, 2.05) is 0 Å². The lowest BCUT2D eigenvalue weighted by molar-refractivity contribution is 0.111. The number of nitrogens with zero attached hydrogens (tertiary/aromatic N) is 1. The Balaban J connectivity index is 2.01. The quantitative estimate of drug-likeness (QED) is 0.571. The molecule has 0 aromatic heterocycles. The van der Waals surface area contributed by atoms with E-state index in [0.717, 1.165) is 12.1 Å². The first-order chi connectivity index (χ1) is 6.88. The molecule has 1 heteroatoms. The Labute approximate surface area is 88.9 Å². The van der Waals surface area contributed by atoms with Crippen molar-refractivity contribution in [3.05, 3.63) is 0 Å². The monoisotopic (exact) mass is 195 g/mol. The summed E-state index contributed by atoms with van der Waals surface area (Å²) >= 11 is 0. The molecule has 2 bridgehead atoms. The van der Waals surface area contributed by atoms with Crippen molar-refractivity contribution in [3.63, 3.8) is 0 Å². The molecule has 0 atom stereocenters. The molecule has 2 rings (SSSR count). The van der Waals surface area contributed by atoms with Crippen LogP contribution < -0.4 is 0 Å². The van der Waals surface area contributed by atoms with E-state index < -0.39 is 0 Å². The zero-order valence-corrected chi connectivity index (χ0v) is 9.67. The highest BCUT2D eigenvalue weighted by Crippen LogP contribution is 2.28. The van der Waals surface area contributed by atoms with Gasteiger partial charge < -0.3 is 4.90 Å². The molecule has 2 saturated heterocycles. The van der Waals surface area contributed by atoms with E-state index in [1.165, 1.54) is 64.2 Å². The van der Waals surface area contributed by atoms with Gasteiger partial charge in [0.2, 0.25) is 0 Å². The number of hydrogen-bond acceptors (Lipinski definition) is 1. The van der Waals surface area contributed by atoms with Crippen LogP contribution in [0.3, 0.4) is 0 Å². The van der Waals surface area contributed by atoms with Gasteiger partial charge in [-0.05, 0) is 32.7 Å². The Bertz CT molecular complexity index is 137. The van der Waals surface area contributed by atoms with Crippen LogP contribution >= 0.6 is 0 Å². The van der Waals surface area contributed by atoms with Crippen LogP contribution in [0, 0.1) is 0 Å². The van der Waals surface area contributed by atoms with E-state index in [-0.39, 0.29) is 0 Å². The van der Waals surface area contributed by atoms with E-state index in [4.69, 9.17) is 0 Å². The first-order valence-corrected chi connectivity index (χ1v) is 6.60. The van der Waals surface area contributed by atoms with E-state index in [0.29, 0.717) is 0 Å². The number of fused-ring (bicyclic) bond motifs is 2. The zero-order chi connectivity index (χ0) is 9.80. The minimum absolute atomic E-state index is 0.917. The molecule has 82 valence electrons.